The summed E-state index contributed by atoms with van der Waals surface area (Å²) in [7, 11) is 3.52. The second-order valence-corrected chi connectivity index (χ2v) is 3.86. The summed E-state index contributed by atoms with van der Waals surface area (Å²) < 4.78 is 3.37. The van der Waals surface area contributed by atoms with Crippen molar-refractivity contribution in [1.29, 1.82) is 0 Å². The van der Waals surface area contributed by atoms with Crippen LogP contribution in [0.2, 0.25) is 0 Å². The van der Waals surface area contributed by atoms with Gasteiger partial charge < -0.3 is 20.0 Å². The molecule has 9 nitrogen and oxygen atoms in total. The summed E-state index contributed by atoms with van der Waals surface area (Å²) >= 11 is 0. The van der Waals surface area contributed by atoms with Gasteiger partial charge in [0.05, 0.1) is 6.54 Å². The standard InChI is InChI=1S/C9H13N7O2/c1-6-12-9(16(17)18)8(15(6)3)10-4-7-13-11-5-14(7)2/h5,10H,4H2,1-3H3. The first-order chi connectivity index (χ1) is 8.50. The van der Waals surface area contributed by atoms with E-state index in [2.05, 4.69) is 20.5 Å². The number of aromatic nitrogens is 5. The molecule has 9 heteroatoms. The summed E-state index contributed by atoms with van der Waals surface area (Å²) in [4.78, 5) is 14.3. The molecule has 2 aromatic rings. The van der Waals surface area contributed by atoms with Gasteiger partial charge in [0.15, 0.2) is 5.82 Å². The van der Waals surface area contributed by atoms with E-state index in [1.807, 2.05) is 0 Å². The van der Waals surface area contributed by atoms with E-state index >= 15 is 0 Å². The Bertz CT molecular complexity index is 586. The Hall–Kier alpha value is -2.45. The van der Waals surface area contributed by atoms with E-state index in [0.29, 0.717) is 24.0 Å². The molecule has 2 rings (SSSR count). The quantitative estimate of drug-likeness (QED) is 0.622. The smallest absolute Gasteiger partial charge is 0.358 e. The van der Waals surface area contributed by atoms with E-state index in [1.165, 1.54) is 0 Å². The summed E-state index contributed by atoms with van der Waals surface area (Å²) in [5, 5.41) is 21.5. The highest BCUT2D eigenvalue weighted by atomic mass is 16.6. The summed E-state index contributed by atoms with van der Waals surface area (Å²) in [5.41, 5.74) is 0. The molecule has 0 aliphatic rings. The number of nitrogens with zero attached hydrogens (tertiary/aromatic N) is 6. The molecule has 0 bridgehead atoms. The van der Waals surface area contributed by atoms with Crippen LogP contribution < -0.4 is 5.32 Å². The van der Waals surface area contributed by atoms with Gasteiger partial charge in [0.1, 0.15) is 6.33 Å². The zero-order valence-corrected chi connectivity index (χ0v) is 10.3. The number of rotatable bonds is 4. The fourth-order valence-electron chi connectivity index (χ4n) is 1.55. The highest BCUT2D eigenvalue weighted by Gasteiger charge is 2.23. The van der Waals surface area contributed by atoms with Crippen molar-refractivity contribution < 1.29 is 4.92 Å². The number of hydrogen-bond acceptors (Lipinski definition) is 6. The number of hydrogen-bond donors (Lipinski definition) is 1. The Morgan fingerprint density at radius 1 is 1.50 bits per heavy atom. The Morgan fingerprint density at radius 2 is 2.22 bits per heavy atom. The van der Waals surface area contributed by atoms with Crippen molar-refractivity contribution in [3.05, 3.63) is 28.1 Å². The lowest BCUT2D eigenvalue weighted by Crippen LogP contribution is -2.09. The minimum absolute atomic E-state index is 0.183. The maximum absolute atomic E-state index is 10.9. The number of imidazole rings is 1. The van der Waals surface area contributed by atoms with Crippen molar-refractivity contribution in [2.45, 2.75) is 13.5 Å². The lowest BCUT2D eigenvalue weighted by molar-refractivity contribution is -0.388. The first-order valence-electron chi connectivity index (χ1n) is 5.25. The van der Waals surface area contributed by atoms with Crippen LogP contribution in [0.25, 0.3) is 0 Å². The van der Waals surface area contributed by atoms with Gasteiger partial charge >= 0.3 is 5.82 Å². The molecule has 0 spiro atoms. The van der Waals surface area contributed by atoms with Crippen LogP contribution >= 0.6 is 0 Å². The summed E-state index contributed by atoms with van der Waals surface area (Å²) in [6.45, 7) is 2.05. The summed E-state index contributed by atoms with van der Waals surface area (Å²) in [5.74, 6) is 1.43. The predicted octanol–water partition coefficient (Wildman–Crippen LogP) is 0.377. The molecule has 0 aliphatic heterocycles. The molecule has 0 fully saturated rings. The van der Waals surface area contributed by atoms with Crippen LogP contribution in [0, 0.1) is 17.0 Å². The van der Waals surface area contributed by atoms with Crippen LogP contribution in [0.4, 0.5) is 11.6 Å². The lowest BCUT2D eigenvalue weighted by atomic mass is 10.5. The number of aryl methyl sites for hydroxylation is 2. The highest BCUT2D eigenvalue weighted by molar-refractivity contribution is 5.53. The van der Waals surface area contributed by atoms with Gasteiger partial charge in [-0.3, -0.25) is 4.57 Å². The molecule has 0 atom stereocenters. The van der Waals surface area contributed by atoms with Gasteiger partial charge in [0, 0.05) is 21.0 Å². The maximum atomic E-state index is 10.9. The van der Waals surface area contributed by atoms with Gasteiger partial charge in [-0.25, -0.2) is 0 Å². The van der Waals surface area contributed by atoms with E-state index < -0.39 is 4.92 Å². The molecule has 2 aromatic heterocycles. The highest BCUT2D eigenvalue weighted by Crippen LogP contribution is 2.23. The Labute approximate surface area is 103 Å². The Morgan fingerprint density at radius 3 is 2.78 bits per heavy atom. The minimum Gasteiger partial charge on any atom is -0.358 e. The van der Waals surface area contributed by atoms with Crippen molar-refractivity contribution in [2.75, 3.05) is 5.32 Å². The van der Waals surface area contributed by atoms with E-state index in [9.17, 15) is 10.1 Å². The molecule has 0 amide bonds. The molecule has 2 heterocycles. The number of anilines is 1. The topological polar surface area (TPSA) is 104 Å². The van der Waals surface area contributed by atoms with Crippen LogP contribution in [0.3, 0.4) is 0 Å². The summed E-state index contributed by atoms with van der Waals surface area (Å²) in [6.07, 6.45) is 1.57. The average Bonchev–Trinajstić information content (AvgIpc) is 2.83. The second kappa shape index (κ2) is 4.43. The Balaban J connectivity index is 2.24. The monoisotopic (exact) mass is 251 g/mol. The van der Waals surface area contributed by atoms with Crippen molar-refractivity contribution in [2.24, 2.45) is 14.1 Å². The number of nitrogens with one attached hydrogen (secondary N) is 1. The molecular weight excluding hydrogens is 238 g/mol. The molecule has 1 N–H and O–H groups in total. The predicted molar refractivity (Wildman–Crippen MR) is 62.9 cm³/mol. The third-order valence-corrected chi connectivity index (χ3v) is 2.69. The summed E-state index contributed by atoms with van der Waals surface area (Å²) in [6, 6.07) is 0. The van der Waals surface area contributed by atoms with Crippen LogP contribution in [-0.2, 0) is 20.6 Å². The van der Waals surface area contributed by atoms with E-state index in [4.69, 9.17) is 0 Å². The van der Waals surface area contributed by atoms with Crippen LogP contribution in [0.15, 0.2) is 6.33 Å². The van der Waals surface area contributed by atoms with Gasteiger partial charge in [0.2, 0.25) is 11.6 Å². The molecule has 0 aliphatic carbocycles. The van der Waals surface area contributed by atoms with E-state index in [1.54, 1.807) is 36.5 Å². The molecule has 0 unspecified atom stereocenters. The largest absolute Gasteiger partial charge is 0.406 e. The maximum Gasteiger partial charge on any atom is 0.406 e. The van der Waals surface area contributed by atoms with E-state index in [-0.39, 0.29) is 5.82 Å². The average molecular weight is 251 g/mol. The number of nitro groups is 1. The zero-order valence-electron chi connectivity index (χ0n) is 10.3. The first-order valence-corrected chi connectivity index (χ1v) is 5.25. The van der Waals surface area contributed by atoms with Gasteiger partial charge in [-0.15, -0.1) is 10.2 Å². The van der Waals surface area contributed by atoms with E-state index in [0.717, 1.165) is 0 Å². The van der Waals surface area contributed by atoms with Gasteiger partial charge in [-0.05, 0) is 9.91 Å². The lowest BCUT2D eigenvalue weighted by Gasteiger charge is -2.05. The minimum atomic E-state index is -0.508. The molecule has 96 valence electrons. The van der Waals surface area contributed by atoms with Crippen molar-refractivity contribution in [3.63, 3.8) is 0 Å². The van der Waals surface area contributed by atoms with Crippen molar-refractivity contribution in [1.82, 2.24) is 24.3 Å². The molecule has 0 radical (unpaired) electrons. The second-order valence-electron chi connectivity index (χ2n) is 3.86. The van der Waals surface area contributed by atoms with Crippen LogP contribution in [0.5, 0.6) is 0 Å². The fourth-order valence-corrected chi connectivity index (χ4v) is 1.55. The molecule has 0 saturated heterocycles. The van der Waals surface area contributed by atoms with Gasteiger partial charge in [-0.2, -0.15) is 0 Å². The van der Waals surface area contributed by atoms with Crippen molar-refractivity contribution in [3.8, 4) is 0 Å². The SMILES string of the molecule is Cc1nc([N+](=O)[O-])c(NCc2nncn2C)n1C. The first kappa shape index (κ1) is 12.0. The molecule has 0 aromatic carbocycles. The normalized spacial score (nSPS) is 10.6. The van der Waals surface area contributed by atoms with Crippen LogP contribution in [0.1, 0.15) is 11.6 Å². The Kier molecular flexibility index (Phi) is 2.96. The molecule has 18 heavy (non-hydrogen) atoms. The third-order valence-electron chi connectivity index (χ3n) is 2.69. The molecule has 0 saturated carbocycles. The zero-order chi connectivity index (χ0) is 13.3. The molecular formula is C9H13N7O2. The van der Waals surface area contributed by atoms with Gasteiger partial charge in [0.25, 0.3) is 0 Å². The van der Waals surface area contributed by atoms with Crippen LogP contribution in [-0.4, -0.2) is 29.2 Å². The third kappa shape index (κ3) is 2.01. The van der Waals surface area contributed by atoms with Gasteiger partial charge in [-0.1, -0.05) is 0 Å². The van der Waals surface area contributed by atoms with Crippen molar-refractivity contribution >= 4 is 11.6 Å². The fraction of sp³-hybridized carbons (Fsp3) is 0.444.